The number of hydrogen-bond acceptors (Lipinski definition) is 1. The van der Waals surface area contributed by atoms with Crippen LogP contribution in [0.2, 0.25) is 0 Å². The van der Waals surface area contributed by atoms with Crippen molar-refractivity contribution in [3.8, 4) is 0 Å². The van der Waals surface area contributed by atoms with Gasteiger partial charge in [-0.2, -0.15) is 4.57 Å². The summed E-state index contributed by atoms with van der Waals surface area (Å²) in [7, 11) is 0. The molecule has 0 fully saturated rings. The van der Waals surface area contributed by atoms with Crippen molar-refractivity contribution in [1.29, 1.82) is 0 Å². The molecular formula is C25H27N2+. The Bertz CT molecular complexity index is 1070. The molecule has 0 spiro atoms. The van der Waals surface area contributed by atoms with Crippen LogP contribution in [0.4, 0.5) is 5.69 Å². The first kappa shape index (κ1) is 17.5. The molecule has 0 N–H and O–H groups in total. The summed E-state index contributed by atoms with van der Waals surface area (Å²) in [4.78, 5) is 2.40. The lowest BCUT2D eigenvalue weighted by atomic mass is 10.0. The molecular weight excluding hydrogens is 328 g/mol. The van der Waals surface area contributed by atoms with Crippen molar-refractivity contribution in [2.45, 2.75) is 34.2 Å². The zero-order valence-electron chi connectivity index (χ0n) is 16.7. The summed E-state index contributed by atoms with van der Waals surface area (Å²) in [5.74, 6) is 0. The number of nitrogens with zero attached hydrogens (tertiary/aromatic N) is 2. The topological polar surface area (TPSA) is 7.12 Å². The number of hydrogen-bond donors (Lipinski definition) is 0. The molecule has 0 amide bonds. The first-order valence-electron chi connectivity index (χ1n) is 9.81. The second kappa shape index (κ2) is 7.03. The summed E-state index contributed by atoms with van der Waals surface area (Å²) in [5, 5.41) is 1.31. The number of likely N-dealkylation sites (N-methyl/N-ethyl adjacent to an activating group) is 1. The smallest absolute Gasteiger partial charge is 0.213 e. The number of aromatic nitrogens is 1. The van der Waals surface area contributed by atoms with Crippen LogP contribution in [-0.4, -0.2) is 6.54 Å². The average Bonchev–Trinajstić information content (AvgIpc) is 2.68. The summed E-state index contributed by atoms with van der Waals surface area (Å²) in [6, 6.07) is 15.7. The minimum Gasteiger partial charge on any atom is -0.341 e. The first-order valence-corrected chi connectivity index (χ1v) is 9.81. The highest BCUT2D eigenvalue weighted by atomic mass is 15.1. The predicted molar refractivity (Wildman–Crippen MR) is 116 cm³/mol. The first-order chi connectivity index (χ1) is 13.1. The number of rotatable bonds is 3. The van der Waals surface area contributed by atoms with Crippen LogP contribution in [0.25, 0.3) is 23.1 Å². The van der Waals surface area contributed by atoms with E-state index in [1.54, 1.807) is 0 Å². The third kappa shape index (κ3) is 3.16. The molecule has 2 heteroatoms. The molecule has 0 radical (unpaired) electrons. The van der Waals surface area contributed by atoms with E-state index in [1.165, 1.54) is 44.5 Å². The molecule has 0 atom stereocenters. The summed E-state index contributed by atoms with van der Waals surface area (Å²) in [5.41, 5.74) is 8.98. The summed E-state index contributed by atoms with van der Waals surface area (Å²) >= 11 is 0. The maximum absolute atomic E-state index is 2.40. The number of benzene rings is 2. The van der Waals surface area contributed by atoms with Crippen LogP contribution in [0, 0.1) is 13.8 Å². The Hall–Kier alpha value is -2.87. The number of aryl methyl sites for hydroxylation is 3. The highest BCUT2D eigenvalue weighted by Gasteiger charge is 2.17. The van der Waals surface area contributed by atoms with E-state index < -0.39 is 0 Å². The summed E-state index contributed by atoms with van der Waals surface area (Å²) in [6.45, 7) is 10.7. The Morgan fingerprint density at radius 1 is 0.926 bits per heavy atom. The molecule has 2 heterocycles. The van der Waals surface area contributed by atoms with E-state index in [0.29, 0.717) is 0 Å². The molecule has 2 nitrogen and oxygen atoms in total. The van der Waals surface area contributed by atoms with Crippen LogP contribution in [0.3, 0.4) is 0 Å². The van der Waals surface area contributed by atoms with Gasteiger partial charge in [0.15, 0.2) is 6.20 Å². The lowest BCUT2D eigenvalue weighted by Gasteiger charge is -2.29. The van der Waals surface area contributed by atoms with E-state index in [-0.39, 0.29) is 0 Å². The second-order valence-electron chi connectivity index (χ2n) is 7.29. The fourth-order valence-corrected chi connectivity index (χ4v) is 3.97. The van der Waals surface area contributed by atoms with Crippen LogP contribution >= 0.6 is 0 Å². The van der Waals surface area contributed by atoms with Crippen molar-refractivity contribution in [3.63, 3.8) is 0 Å². The number of fused-ring (bicyclic) bond motifs is 2. The van der Waals surface area contributed by atoms with Gasteiger partial charge in [-0.3, -0.25) is 0 Å². The number of anilines is 1. The van der Waals surface area contributed by atoms with E-state index in [9.17, 15) is 0 Å². The van der Waals surface area contributed by atoms with Gasteiger partial charge in [0.2, 0.25) is 5.52 Å². The van der Waals surface area contributed by atoms with Gasteiger partial charge in [-0.25, -0.2) is 0 Å². The maximum Gasteiger partial charge on any atom is 0.213 e. The van der Waals surface area contributed by atoms with Crippen molar-refractivity contribution in [3.05, 3.63) is 82.7 Å². The fraction of sp³-hybridized carbons (Fsp3) is 0.240. The SMILES string of the molecule is CCN1/C(=C/c2cc[n+](CC)c3ccc(C)cc23)C=Cc2cc(C)ccc21. The second-order valence-corrected chi connectivity index (χ2v) is 7.29. The van der Waals surface area contributed by atoms with Gasteiger partial charge in [-0.1, -0.05) is 29.3 Å². The highest BCUT2D eigenvalue weighted by Crippen LogP contribution is 2.33. The van der Waals surface area contributed by atoms with Crippen molar-refractivity contribution < 1.29 is 4.57 Å². The normalized spacial score (nSPS) is 14.8. The largest absolute Gasteiger partial charge is 0.341 e. The van der Waals surface area contributed by atoms with Gasteiger partial charge in [-0.05, 0) is 69.2 Å². The van der Waals surface area contributed by atoms with Crippen molar-refractivity contribution in [2.24, 2.45) is 0 Å². The third-order valence-electron chi connectivity index (χ3n) is 5.39. The summed E-state index contributed by atoms with van der Waals surface area (Å²) in [6.07, 6.45) is 9.01. The number of pyridine rings is 1. The average molecular weight is 356 g/mol. The van der Waals surface area contributed by atoms with Crippen LogP contribution in [-0.2, 0) is 6.54 Å². The lowest BCUT2D eigenvalue weighted by molar-refractivity contribution is -0.667. The van der Waals surface area contributed by atoms with Gasteiger partial charge < -0.3 is 4.90 Å². The molecule has 27 heavy (non-hydrogen) atoms. The summed E-state index contributed by atoms with van der Waals surface area (Å²) < 4.78 is 2.31. The highest BCUT2D eigenvalue weighted by molar-refractivity contribution is 5.89. The van der Waals surface area contributed by atoms with E-state index in [0.717, 1.165) is 13.1 Å². The Kier molecular flexibility index (Phi) is 4.57. The van der Waals surface area contributed by atoms with E-state index >= 15 is 0 Å². The quantitative estimate of drug-likeness (QED) is 0.550. The molecule has 0 saturated carbocycles. The molecule has 0 bridgehead atoms. The molecule has 1 aromatic heterocycles. The van der Waals surface area contributed by atoms with Gasteiger partial charge in [0, 0.05) is 30.1 Å². The molecule has 0 unspecified atom stereocenters. The van der Waals surface area contributed by atoms with Crippen LogP contribution in [0.15, 0.2) is 60.4 Å². The van der Waals surface area contributed by atoms with Crippen molar-refractivity contribution in [2.75, 3.05) is 11.4 Å². The minimum atomic E-state index is 0.949. The monoisotopic (exact) mass is 355 g/mol. The number of allylic oxidation sites excluding steroid dienone is 1. The van der Waals surface area contributed by atoms with Crippen molar-refractivity contribution >= 4 is 28.7 Å². The molecule has 4 rings (SSSR count). The maximum atomic E-state index is 2.40. The Labute approximate surface area is 162 Å². The van der Waals surface area contributed by atoms with Crippen LogP contribution in [0.5, 0.6) is 0 Å². The molecule has 1 aliphatic rings. The zero-order chi connectivity index (χ0) is 19.0. The van der Waals surface area contributed by atoms with Gasteiger partial charge in [0.05, 0.1) is 5.39 Å². The Morgan fingerprint density at radius 3 is 2.48 bits per heavy atom. The Balaban J connectivity index is 1.87. The zero-order valence-corrected chi connectivity index (χ0v) is 16.7. The molecule has 3 aromatic rings. The van der Waals surface area contributed by atoms with E-state index in [1.807, 2.05) is 0 Å². The van der Waals surface area contributed by atoms with Gasteiger partial charge in [-0.15, -0.1) is 0 Å². The molecule has 136 valence electrons. The molecule has 1 aliphatic heterocycles. The van der Waals surface area contributed by atoms with Crippen LogP contribution < -0.4 is 9.47 Å². The third-order valence-corrected chi connectivity index (χ3v) is 5.39. The predicted octanol–water partition coefficient (Wildman–Crippen LogP) is 5.66. The fourth-order valence-electron chi connectivity index (χ4n) is 3.97. The standard InChI is InChI=1S/C25H27N2/c1-5-26-14-13-20(23-16-19(4)8-12-25(23)26)17-22-10-9-21-15-18(3)7-11-24(21)27(22)6-2/h7-17H,5-6H2,1-4H3/q+1. The van der Waals surface area contributed by atoms with E-state index in [2.05, 4.69) is 104 Å². The molecule has 2 aromatic carbocycles. The van der Waals surface area contributed by atoms with Gasteiger partial charge >= 0.3 is 0 Å². The van der Waals surface area contributed by atoms with Crippen molar-refractivity contribution in [1.82, 2.24) is 0 Å². The lowest BCUT2D eigenvalue weighted by Crippen LogP contribution is -2.32. The van der Waals surface area contributed by atoms with E-state index in [4.69, 9.17) is 0 Å². The van der Waals surface area contributed by atoms with Crippen LogP contribution in [0.1, 0.15) is 36.1 Å². The van der Waals surface area contributed by atoms with Gasteiger partial charge in [0.25, 0.3) is 0 Å². The molecule has 0 saturated heterocycles. The molecule has 0 aliphatic carbocycles. The Morgan fingerprint density at radius 2 is 1.70 bits per heavy atom. The minimum absolute atomic E-state index is 0.949. The van der Waals surface area contributed by atoms with Gasteiger partial charge in [0.1, 0.15) is 6.54 Å².